The molecule has 1 amide bonds. The molecule has 2 rings (SSSR count). The molecule has 1 fully saturated rings. The molecular formula is C15H23ClN2O3S. The summed E-state index contributed by atoms with van der Waals surface area (Å²) < 4.78 is 24.1. The van der Waals surface area contributed by atoms with Gasteiger partial charge in [0.15, 0.2) is 9.84 Å². The Kier molecular flexibility index (Phi) is 7.85. The molecule has 1 aromatic rings. The fraction of sp³-hybridized carbons (Fsp3) is 0.533. The summed E-state index contributed by atoms with van der Waals surface area (Å²) in [6.07, 6.45) is 2.15. The topological polar surface area (TPSA) is 75.3 Å². The highest BCUT2D eigenvalue weighted by molar-refractivity contribution is 7.91. The van der Waals surface area contributed by atoms with Crippen LogP contribution >= 0.6 is 12.4 Å². The average molecular weight is 347 g/mol. The molecule has 0 aliphatic carbocycles. The van der Waals surface area contributed by atoms with E-state index < -0.39 is 9.84 Å². The number of halogens is 1. The number of hydrogen-bond donors (Lipinski definition) is 2. The van der Waals surface area contributed by atoms with Gasteiger partial charge in [0.25, 0.3) is 0 Å². The van der Waals surface area contributed by atoms with Crippen molar-refractivity contribution in [1.82, 2.24) is 10.6 Å². The number of hydrogen-bond acceptors (Lipinski definition) is 4. The summed E-state index contributed by atoms with van der Waals surface area (Å²) >= 11 is 0. The second-order valence-corrected chi connectivity index (χ2v) is 7.41. The standard InChI is InChI=1S/C15H22N2O3S.ClH/c18-15(13-7-10-16-11-8-13)17-9-4-12-21(19,20)14-5-2-1-3-6-14;/h1-3,5-6,13,16H,4,7-12H2,(H,17,18);1H. The Balaban J connectivity index is 0.00000242. The third-order valence-corrected chi connectivity index (χ3v) is 5.52. The highest BCUT2D eigenvalue weighted by atomic mass is 35.5. The maximum absolute atomic E-state index is 12.1. The number of nitrogens with one attached hydrogen (secondary N) is 2. The first-order valence-electron chi connectivity index (χ1n) is 7.36. The monoisotopic (exact) mass is 346 g/mol. The molecule has 22 heavy (non-hydrogen) atoms. The zero-order valence-electron chi connectivity index (χ0n) is 12.5. The predicted molar refractivity (Wildman–Crippen MR) is 89.0 cm³/mol. The van der Waals surface area contributed by atoms with Crippen molar-refractivity contribution in [1.29, 1.82) is 0 Å². The quantitative estimate of drug-likeness (QED) is 0.763. The van der Waals surface area contributed by atoms with E-state index in [0.717, 1.165) is 25.9 Å². The van der Waals surface area contributed by atoms with Gasteiger partial charge in [-0.05, 0) is 44.5 Å². The van der Waals surface area contributed by atoms with Crippen LogP contribution in [0, 0.1) is 5.92 Å². The lowest BCUT2D eigenvalue weighted by Gasteiger charge is -2.21. The highest BCUT2D eigenvalue weighted by Gasteiger charge is 2.20. The molecular weight excluding hydrogens is 324 g/mol. The Hall–Kier alpha value is -1.11. The molecule has 5 nitrogen and oxygen atoms in total. The minimum atomic E-state index is -3.24. The van der Waals surface area contributed by atoms with Crippen molar-refractivity contribution >= 4 is 28.2 Å². The maximum atomic E-state index is 12.1. The summed E-state index contributed by atoms with van der Waals surface area (Å²) in [5, 5.41) is 6.06. The van der Waals surface area contributed by atoms with Crippen LogP contribution in [0.2, 0.25) is 0 Å². The van der Waals surface area contributed by atoms with Crippen molar-refractivity contribution in [3.8, 4) is 0 Å². The van der Waals surface area contributed by atoms with Gasteiger partial charge in [-0.1, -0.05) is 18.2 Å². The van der Waals surface area contributed by atoms with Crippen LogP contribution in [-0.2, 0) is 14.6 Å². The van der Waals surface area contributed by atoms with Crippen molar-refractivity contribution in [2.75, 3.05) is 25.4 Å². The summed E-state index contributed by atoms with van der Waals surface area (Å²) in [7, 11) is -3.24. The van der Waals surface area contributed by atoms with Gasteiger partial charge in [-0.2, -0.15) is 0 Å². The lowest BCUT2D eigenvalue weighted by Crippen LogP contribution is -2.38. The molecule has 0 aromatic heterocycles. The predicted octanol–water partition coefficient (Wildman–Crippen LogP) is 1.39. The molecule has 1 saturated heterocycles. The zero-order chi connectivity index (χ0) is 15.1. The van der Waals surface area contributed by atoms with Crippen LogP contribution in [0.1, 0.15) is 19.3 Å². The van der Waals surface area contributed by atoms with Crippen molar-refractivity contribution < 1.29 is 13.2 Å². The second-order valence-electron chi connectivity index (χ2n) is 5.30. The largest absolute Gasteiger partial charge is 0.356 e. The molecule has 1 aromatic carbocycles. The fourth-order valence-corrected chi connectivity index (χ4v) is 3.78. The SMILES string of the molecule is Cl.O=C(NCCCS(=O)(=O)c1ccccc1)C1CCNCC1. The molecule has 2 N–H and O–H groups in total. The Bertz CT molecular complexity index is 557. The minimum Gasteiger partial charge on any atom is -0.356 e. The molecule has 124 valence electrons. The number of rotatable bonds is 6. The van der Waals surface area contributed by atoms with E-state index in [0.29, 0.717) is 17.9 Å². The number of sulfone groups is 1. The van der Waals surface area contributed by atoms with Crippen LogP contribution in [0.15, 0.2) is 35.2 Å². The van der Waals surface area contributed by atoms with E-state index in [2.05, 4.69) is 10.6 Å². The van der Waals surface area contributed by atoms with Crippen LogP contribution in [0.3, 0.4) is 0 Å². The van der Waals surface area contributed by atoms with Gasteiger partial charge in [0.2, 0.25) is 5.91 Å². The minimum absolute atomic E-state index is 0. The average Bonchev–Trinajstić information content (AvgIpc) is 2.53. The number of amides is 1. The summed E-state index contributed by atoms with van der Waals surface area (Å²) in [6.45, 7) is 2.16. The Morgan fingerprint density at radius 2 is 1.82 bits per heavy atom. The van der Waals surface area contributed by atoms with Crippen molar-refractivity contribution in [2.24, 2.45) is 5.92 Å². The molecule has 0 spiro atoms. The van der Waals surface area contributed by atoms with Crippen LogP contribution in [0.5, 0.6) is 0 Å². The molecule has 0 saturated carbocycles. The third kappa shape index (κ3) is 5.59. The lowest BCUT2D eigenvalue weighted by molar-refractivity contribution is -0.125. The molecule has 7 heteroatoms. The van der Waals surface area contributed by atoms with E-state index in [1.807, 2.05) is 0 Å². The Labute approximate surface area is 138 Å². The van der Waals surface area contributed by atoms with Gasteiger partial charge < -0.3 is 10.6 Å². The smallest absolute Gasteiger partial charge is 0.223 e. The molecule has 1 aliphatic heterocycles. The van der Waals surface area contributed by atoms with E-state index in [1.54, 1.807) is 30.3 Å². The first-order valence-corrected chi connectivity index (χ1v) is 9.01. The molecule has 0 bridgehead atoms. The van der Waals surface area contributed by atoms with E-state index in [1.165, 1.54) is 0 Å². The fourth-order valence-electron chi connectivity index (χ4n) is 2.45. The van der Waals surface area contributed by atoms with Crippen molar-refractivity contribution in [2.45, 2.75) is 24.2 Å². The molecule has 1 heterocycles. The summed E-state index contributed by atoms with van der Waals surface area (Å²) in [5.74, 6) is 0.175. The first-order chi connectivity index (χ1) is 10.1. The Morgan fingerprint density at radius 1 is 1.18 bits per heavy atom. The van der Waals surface area contributed by atoms with Gasteiger partial charge in [0.1, 0.15) is 0 Å². The van der Waals surface area contributed by atoms with E-state index in [9.17, 15) is 13.2 Å². The number of carbonyl (C=O) groups is 1. The highest BCUT2D eigenvalue weighted by Crippen LogP contribution is 2.12. The second kappa shape index (κ2) is 9.12. The van der Waals surface area contributed by atoms with Crippen LogP contribution < -0.4 is 10.6 Å². The number of piperidine rings is 1. The van der Waals surface area contributed by atoms with E-state index >= 15 is 0 Å². The normalized spacial score (nSPS) is 15.8. The van der Waals surface area contributed by atoms with Gasteiger partial charge in [0, 0.05) is 12.5 Å². The lowest BCUT2D eigenvalue weighted by atomic mass is 9.97. The molecule has 0 unspecified atom stereocenters. The summed E-state index contributed by atoms with van der Waals surface area (Å²) in [4.78, 5) is 12.2. The number of benzene rings is 1. The van der Waals surface area contributed by atoms with Gasteiger partial charge in [0.05, 0.1) is 10.6 Å². The molecule has 1 aliphatic rings. The molecule has 0 radical (unpaired) electrons. The van der Waals surface area contributed by atoms with Gasteiger partial charge in [-0.25, -0.2) is 8.42 Å². The van der Waals surface area contributed by atoms with Crippen molar-refractivity contribution in [3.05, 3.63) is 30.3 Å². The summed E-state index contributed by atoms with van der Waals surface area (Å²) in [6, 6.07) is 8.42. The van der Waals surface area contributed by atoms with Gasteiger partial charge >= 0.3 is 0 Å². The van der Waals surface area contributed by atoms with Crippen LogP contribution in [0.4, 0.5) is 0 Å². The van der Waals surface area contributed by atoms with E-state index in [4.69, 9.17) is 0 Å². The Morgan fingerprint density at radius 3 is 2.45 bits per heavy atom. The van der Waals surface area contributed by atoms with Gasteiger partial charge in [-0.15, -0.1) is 12.4 Å². The third-order valence-electron chi connectivity index (χ3n) is 3.70. The first kappa shape index (κ1) is 18.9. The zero-order valence-corrected chi connectivity index (χ0v) is 14.1. The van der Waals surface area contributed by atoms with Crippen LogP contribution in [0.25, 0.3) is 0 Å². The number of carbonyl (C=O) groups excluding carboxylic acids is 1. The van der Waals surface area contributed by atoms with Crippen LogP contribution in [-0.4, -0.2) is 39.7 Å². The summed E-state index contributed by atoms with van der Waals surface area (Å²) in [5.41, 5.74) is 0. The van der Waals surface area contributed by atoms with Gasteiger partial charge in [-0.3, -0.25) is 4.79 Å². The maximum Gasteiger partial charge on any atom is 0.223 e. The van der Waals surface area contributed by atoms with E-state index in [-0.39, 0.29) is 30.0 Å². The molecule has 0 atom stereocenters. The van der Waals surface area contributed by atoms with Crippen molar-refractivity contribution in [3.63, 3.8) is 0 Å².